The molecule has 2 nitrogen and oxygen atoms in total. The molecular formula is C29H24N2. The van der Waals surface area contributed by atoms with E-state index in [0.29, 0.717) is 0 Å². The van der Waals surface area contributed by atoms with Crippen molar-refractivity contribution in [2.24, 2.45) is 0 Å². The van der Waals surface area contributed by atoms with Gasteiger partial charge in [-0.3, -0.25) is 0 Å². The fourth-order valence-electron chi connectivity index (χ4n) is 3.98. The molecule has 2 heteroatoms. The Kier molecular flexibility index (Phi) is 5.12. The SMILES string of the molecule is Cc1cccc(N(c2ccccc2)c2ccc(Nc3cccc4ccccc34)cc2)c1. The summed E-state index contributed by atoms with van der Waals surface area (Å²) < 4.78 is 0. The van der Waals surface area contributed by atoms with Gasteiger partial charge >= 0.3 is 0 Å². The van der Waals surface area contributed by atoms with Gasteiger partial charge in [-0.2, -0.15) is 0 Å². The van der Waals surface area contributed by atoms with Gasteiger partial charge in [0.25, 0.3) is 0 Å². The Morgan fingerprint density at radius 3 is 2.00 bits per heavy atom. The number of para-hydroxylation sites is 1. The van der Waals surface area contributed by atoms with Crippen molar-refractivity contribution in [3.8, 4) is 0 Å². The van der Waals surface area contributed by atoms with E-state index >= 15 is 0 Å². The first-order valence-corrected chi connectivity index (χ1v) is 10.5. The Balaban J connectivity index is 1.49. The minimum atomic E-state index is 1.07. The van der Waals surface area contributed by atoms with Crippen LogP contribution in [0.25, 0.3) is 10.8 Å². The molecule has 0 fully saturated rings. The molecule has 0 spiro atoms. The zero-order valence-electron chi connectivity index (χ0n) is 17.5. The van der Waals surface area contributed by atoms with E-state index in [4.69, 9.17) is 0 Å². The number of hydrogen-bond acceptors (Lipinski definition) is 2. The third-order valence-electron chi connectivity index (χ3n) is 5.47. The maximum absolute atomic E-state index is 3.58. The summed E-state index contributed by atoms with van der Waals surface area (Å²) in [6.07, 6.45) is 0. The Morgan fingerprint density at radius 1 is 0.548 bits per heavy atom. The maximum Gasteiger partial charge on any atom is 0.0464 e. The summed E-state index contributed by atoms with van der Waals surface area (Å²) in [4.78, 5) is 2.29. The average molecular weight is 401 g/mol. The van der Waals surface area contributed by atoms with Crippen LogP contribution >= 0.6 is 0 Å². The fraction of sp³-hybridized carbons (Fsp3) is 0.0345. The Hall–Kier alpha value is -4.04. The first-order chi connectivity index (χ1) is 15.3. The highest BCUT2D eigenvalue weighted by molar-refractivity contribution is 5.95. The van der Waals surface area contributed by atoms with Crippen LogP contribution in [0.5, 0.6) is 0 Å². The van der Waals surface area contributed by atoms with E-state index in [1.807, 2.05) is 0 Å². The lowest BCUT2D eigenvalue weighted by Gasteiger charge is -2.26. The predicted molar refractivity (Wildman–Crippen MR) is 133 cm³/mol. The van der Waals surface area contributed by atoms with Crippen LogP contribution in [0.3, 0.4) is 0 Å². The van der Waals surface area contributed by atoms with Gasteiger partial charge in [0.2, 0.25) is 0 Å². The van der Waals surface area contributed by atoms with Crippen LogP contribution in [-0.2, 0) is 0 Å². The van der Waals surface area contributed by atoms with Crippen LogP contribution in [0.15, 0.2) is 121 Å². The Morgan fingerprint density at radius 2 is 1.19 bits per heavy atom. The normalized spacial score (nSPS) is 10.7. The van der Waals surface area contributed by atoms with Gasteiger partial charge in [-0.1, -0.05) is 66.7 Å². The molecular weight excluding hydrogens is 376 g/mol. The number of aryl methyl sites for hydroxylation is 1. The molecule has 5 rings (SSSR count). The van der Waals surface area contributed by atoms with Crippen LogP contribution in [0.2, 0.25) is 0 Å². The molecule has 0 atom stereocenters. The second kappa shape index (κ2) is 8.37. The third kappa shape index (κ3) is 4.01. The van der Waals surface area contributed by atoms with Gasteiger partial charge in [0.15, 0.2) is 0 Å². The molecule has 5 aromatic carbocycles. The molecule has 0 saturated heterocycles. The van der Waals surface area contributed by atoms with Crippen LogP contribution < -0.4 is 10.2 Å². The summed E-state index contributed by atoms with van der Waals surface area (Å²) in [5.74, 6) is 0. The van der Waals surface area contributed by atoms with Crippen LogP contribution in [0.4, 0.5) is 28.4 Å². The van der Waals surface area contributed by atoms with Gasteiger partial charge in [-0.15, -0.1) is 0 Å². The highest BCUT2D eigenvalue weighted by atomic mass is 15.1. The summed E-state index contributed by atoms with van der Waals surface area (Å²) in [6, 6.07) is 42.5. The molecule has 0 bridgehead atoms. The molecule has 0 aromatic heterocycles. The van der Waals surface area contributed by atoms with Gasteiger partial charge < -0.3 is 10.2 Å². The highest BCUT2D eigenvalue weighted by Crippen LogP contribution is 2.35. The Bertz CT molecular complexity index is 1300. The molecule has 0 unspecified atom stereocenters. The van der Waals surface area contributed by atoms with Crippen molar-refractivity contribution >= 4 is 39.2 Å². The zero-order chi connectivity index (χ0) is 21.0. The molecule has 0 heterocycles. The average Bonchev–Trinajstić information content (AvgIpc) is 2.81. The molecule has 0 aliphatic heterocycles. The van der Waals surface area contributed by atoms with E-state index in [1.54, 1.807) is 0 Å². The monoisotopic (exact) mass is 400 g/mol. The topological polar surface area (TPSA) is 15.3 Å². The molecule has 31 heavy (non-hydrogen) atoms. The molecule has 1 N–H and O–H groups in total. The van der Waals surface area contributed by atoms with Crippen molar-refractivity contribution in [2.45, 2.75) is 6.92 Å². The summed E-state index contributed by atoms with van der Waals surface area (Å²) in [5.41, 5.74) is 6.85. The predicted octanol–water partition coefficient (Wildman–Crippen LogP) is 8.36. The van der Waals surface area contributed by atoms with Crippen molar-refractivity contribution < 1.29 is 0 Å². The number of hydrogen-bond donors (Lipinski definition) is 1. The molecule has 0 aliphatic carbocycles. The van der Waals surface area contributed by atoms with Crippen molar-refractivity contribution in [1.82, 2.24) is 0 Å². The molecule has 0 aliphatic rings. The molecule has 0 amide bonds. The van der Waals surface area contributed by atoms with E-state index in [0.717, 1.165) is 28.4 Å². The van der Waals surface area contributed by atoms with Crippen molar-refractivity contribution in [2.75, 3.05) is 10.2 Å². The smallest absolute Gasteiger partial charge is 0.0464 e. The Labute approximate surface area is 183 Å². The van der Waals surface area contributed by atoms with E-state index in [-0.39, 0.29) is 0 Å². The summed E-state index contributed by atoms with van der Waals surface area (Å²) in [6.45, 7) is 2.13. The lowest BCUT2D eigenvalue weighted by Crippen LogP contribution is -2.09. The van der Waals surface area contributed by atoms with Crippen LogP contribution in [0, 0.1) is 6.92 Å². The van der Waals surface area contributed by atoms with E-state index in [1.165, 1.54) is 16.3 Å². The number of rotatable bonds is 5. The second-order valence-corrected chi connectivity index (χ2v) is 7.71. The minimum absolute atomic E-state index is 1.07. The standard InChI is InChI=1S/C29H24N2/c1-22-9-7-14-27(21-22)31(25-12-3-2-4-13-25)26-19-17-24(18-20-26)30-29-16-8-11-23-10-5-6-15-28(23)29/h2-21,30H,1H3. The van der Waals surface area contributed by atoms with E-state index in [9.17, 15) is 0 Å². The van der Waals surface area contributed by atoms with Gasteiger partial charge in [0, 0.05) is 33.8 Å². The lowest BCUT2D eigenvalue weighted by atomic mass is 10.1. The van der Waals surface area contributed by atoms with Crippen molar-refractivity contribution in [3.63, 3.8) is 0 Å². The minimum Gasteiger partial charge on any atom is -0.355 e. The highest BCUT2D eigenvalue weighted by Gasteiger charge is 2.12. The summed E-state index contributed by atoms with van der Waals surface area (Å²) in [5, 5.41) is 6.04. The van der Waals surface area contributed by atoms with Gasteiger partial charge in [0.1, 0.15) is 0 Å². The van der Waals surface area contributed by atoms with Crippen LogP contribution in [-0.4, -0.2) is 0 Å². The molecule has 0 radical (unpaired) electrons. The van der Waals surface area contributed by atoms with Crippen molar-refractivity contribution in [1.29, 1.82) is 0 Å². The van der Waals surface area contributed by atoms with Crippen LogP contribution in [0.1, 0.15) is 5.56 Å². The number of anilines is 5. The first kappa shape index (κ1) is 19.0. The first-order valence-electron chi connectivity index (χ1n) is 10.5. The quantitative estimate of drug-likeness (QED) is 0.319. The number of benzene rings is 5. The zero-order valence-corrected chi connectivity index (χ0v) is 17.5. The largest absolute Gasteiger partial charge is 0.355 e. The fourth-order valence-corrected chi connectivity index (χ4v) is 3.98. The van der Waals surface area contributed by atoms with E-state index in [2.05, 4.69) is 138 Å². The molecule has 150 valence electrons. The van der Waals surface area contributed by atoms with E-state index < -0.39 is 0 Å². The van der Waals surface area contributed by atoms with Crippen molar-refractivity contribution in [3.05, 3.63) is 127 Å². The number of fused-ring (bicyclic) bond motifs is 1. The van der Waals surface area contributed by atoms with Gasteiger partial charge in [0.05, 0.1) is 0 Å². The molecule has 5 aromatic rings. The summed E-state index contributed by atoms with van der Waals surface area (Å²) >= 11 is 0. The van der Waals surface area contributed by atoms with Gasteiger partial charge in [-0.25, -0.2) is 0 Å². The maximum atomic E-state index is 3.58. The summed E-state index contributed by atoms with van der Waals surface area (Å²) in [7, 11) is 0. The number of nitrogens with zero attached hydrogens (tertiary/aromatic N) is 1. The number of nitrogens with one attached hydrogen (secondary N) is 1. The molecule has 0 saturated carbocycles. The third-order valence-corrected chi connectivity index (χ3v) is 5.47. The van der Waals surface area contributed by atoms with Gasteiger partial charge in [-0.05, 0) is 72.5 Å². The lowest BCUT2D eigenvalue weighted by molar-refractivity contribution is 1.27. The second-order valence-electron chi connectivity index (χ2n) is 7.71.